The van der Waals surface area contributed by atoms with Crippen LogP contribution < -0.4 is 14.4 Å². The van der Waals surface area contributed by atoms with Crippen molar-refractivity contribution in [3.63, 3.8) is 0 Å². The van der Waals surface area contributed by atoms with Crippen molar-refractivity contribution in [1.82, 2.24) is 0 Å². The minimum Gasteiger partial charge on any atom is -0.493 e. The molecule has 1 fully saturated rings. The van der Waals surface area contributed by atoms with E-state index in [1.807, 2.05) is 17.0 Å². The van der Waals surface area contributed by atoms with Gasteiger partial charge in [-0.25, -0.2) is 12.8 Å². The Morgan fingerprint density at radius 2 is 1.93 bits per heavy atom. The van der Waals surface area contributed by atoms with Crippen LogP contribution in [0.1, 0.15) is 5.56 Å². The number of hydrogen-bond donors (Lipinski definition) is 0. The fourth-order valence-corrected chi connectivity index (χ4v) is 6.97. The number of thioether (sulfide) groups is 1. The van der Waals surface area contributed by atoms with Crippen LogP contribution in [0, 0.1) is 5.82 Å². The molecule has 6 nitrogen and oxygen atoms in total. The summed E-state index contributed by atoms with van der Waals surface area (Å²) in [6, 6.07) is 9.14. The molecule has 2 aromatic rings. The number of sulfone groups is 1. The van der Waals surface area contributed by atoms with Crippen LogP contribution in [0.3, 0.4) is 0 Å². The van der Waals surface area contributed by atoms with Crippen LogP contribution in [0.4, 0.5) is 10.1 Å². The second-order valence-electron chi connectivity index (χ2n) is 7.06. The van der Waals surface area contributed by atoms with E-state index in [1.165, 1.54) is 23.9 Å². The van der Waals surface area contributed by atoms with Crippen molar-refractivity contribution in [3.8, 4) is 11.5 Å². The molecule has 1 saturated heterocycles. The van der Waals surface area contributed by atoms with E-state index in [9.17, 15) is 12.8 Å². The summed E-state index contributed by atoms with van der Waals surface area (Å²) in [5.74, 6) is 1.29. The minimum absolute atomic E-state index is 0.0306. The molecular weight excluding hydrogens is 451 g/mol. The van der Waals surface area contributed by atoms with Crippen molar-refractivity contribution in [2.45, 2.75) is 17.8 Å². The molecule has 0 unspecified atom stereocenters. The van der Waals surface area contributed by atoms with Crippen LogP contribution in [-0.4, -0.2) is 51.4 Å². The van der Waals surface area contributed by atoms with Gasteiger partial charge in [-0.2, -0.15) is 0 Å². The Morgan fingerprint density at radius 3 is 2.63 bits per heavy atom. The summed E-state index contributed by atoms with van der Waals surface area (Å²) >= 11 is 7.60. The number of anilines is 1. The molecule has 10 heteroatoms. The lowest BCUT2D eigenvalue weighted by molar-refractivity contribution is 0.355. The molecule has 160 valence electrons. The smallest absolute Gasteiger partial charge is 0.164 e. The van der Waals surface area contributed by atoms with E-state index in [0.29, 0.717) is 27.4 Å². The van der Waals surface area contributed by atoms with Gasteiger partial charge < -0.3 is 14.4 Å². The number of rotatable bonds is 5. The number of benzene rings is 2. The SMILES string of the molecule is COc1ccc(N2C(SCc3ccc(F)cc3Cl)=N[C@H]3CS(=O)(=O)C[C@@H]32)cc1OC. The molecule has 2 aliphatic rings. The summed E-state index contributed by atoms with van der Waals surface area (Å²) in [6.45, 7) is 0. The summed E-state index contributed by atoms with van der Waals surface area (Å²) in [6.07, 6.45) is 0. The third kappa shape index (κ3) is 4.10. The quantitative estimate of drug-likeness (QED) is 0.662. The Balaban J connectivity index is 1.65. The highest BCUT2D eigenvalue weighted by Crippen LogP contribution is 2.39. The third-order valence-electron chi connectivity index (χ3n) is 5.12. The Morgan fingerprint density at radius 1 is 1.17 bits per heavy atom. The molecule has 4 rings (SSSR count). The molecule has 2 atom stereocenters. The van der Waals surface area contributed by atoms with Crippen LogP contribution in [0.15, 0.2) is 41.4 Å². The normalized spacial score (nSPS) is 22.0. The van der Waals surface area contributed by atoms with Gasteiger partial charge in [0, 0.05) is 22.5 Å². The number of amidine groups is 1. The number of hydrogen-bond acceptors (Lipinski definition) is 7. The van der Waals surface area contributed by atoms with Crippen LogP contribution >= 0.6 is 23.4 Å². The highest BCUT2D eigenvalue weighted by Gasteiger charge is 2.47. The first-order valence-electron chi connectivity index (χ1n) is 9.17. The van der Waals surface area contributed by atoms with Crippen molar-refractivity contribution in [2.75, 3.05) is 30.6 Å². The molecule has 2 aromatic carbocycles. The summed E-state index contributed by atoms with van der Waals surface area (Å²) < 4.78 is 48.5. The van der Waals surface area contributed by atoms with E-state index in [-0.39, 0.29) is 23.6 Å². The van der Waals surface area contributed by atoms with Crippen molar-refractivity contribution < 1.29 is 22.3 Å². The zero-order valence-corrected chi connectivity index (χ0v) is 18.7. The molecular formula is C20H20ClFN2O4S2. The van der Waals surface area contributed by atoms with E-state index < -0.39 is 15.7 Å². The molecule has 2 aliphatic heterocycles. The van der Waals surface area contributed by atoms with Gasteiger partial charge in [-0.3, -0.25) is 4.99 Å². The largest absolute Gasteiger partial charge is 0.493 e. The summed E-state index contributed by atoms with van der Waals surface area (Å²) in [5, 5.41) is 1.05. The summed E-state index contributed by atoms with van der Waals surface area (Å²) in [5.41, 5.74) is 1.55. The Labute approximate surface area is 183 Å². The average Bonchev–Trinajstić information content (AvgIpc) is 3.17. The average molecular weight is 471 g/mol. The van der Waals surface area contributed by atoms with E-state index in [0.717, 1.165) is 11.3 Å². The highest BCUT2D eigenvalue weighted by atomic mass is 35.5. The maximum absolute atomic E-state index is 13.3. The predicted molar refractivity (Wildman–Crippen MR) is 118 cm³/mol. The number of nitrogens with zero attached hydrogens (tertiary/aromatic N) is 2. The molecule has 0 N–H and O–H groups in total. The van der Waals surface area contributed by atoms with E-state index in [4.69, 9.17) is 26.1 Å². The van der Waals surface area contributed by atoms with Gasteiger partial charge in [0.15, 0.2) is 26.5 Å². The van der Waals surface area contributed by atoms with Crippen molar-refractivity contribution in [1.29, 1.82) is 0 Å². The van der Waals surface area contributed by atoms with E-state index in [2.05, 4.69) is 0 Å². The summed E-state index contributed by atoms with van der Waals surface area (Å²) in [4.78, 5) is 6.64. The molecule has 0 radical (unpaired) electrons. The van der Waals surface area contributed by atoms with Gasteiger partial charge in [-0.1, -0.05) is 29.4 Å². The Kier molecular flexibility index (Phi) is 5.87. The standard InChI is InChI=1S/C20H20ClFN2O4S2/c1-27-18-6-5-14(8-19(18)28-2)24-17-11-30(25,26)10-16(17)23-20(24)29-9-12-3-4-13(22)7-15(12)21/h3-8,16-17H,9-11H2,1-2H3/t16-,17-/m0/s1. The third-order valence-corrected chi connectivity index (χ3v) is 8.19. The lowest BCUT2D eigenvalue weighted by Crippen LogP contribution is -2.39. The van der Waals surface area contributed by atoms with Crippen molar-refractivity contribution in [3.05, 3.63) is 52.8 Å². The first-order valence-corrected chi connectivity index (χ1v) is 12.4. The van der Waals surface area contributed by atoms with Crippen molar-refractivity contribution in [2.24, 2.45) is 4.99 Å². The van der Waals surface area contributed by atoms with Gasteiger partial charge in [0.05, 0.1) is 37.8 Å². The lowest BCUT2D eigenvalue weighted by atomic mass is 10.1. The number of fused-ring (bicyclic) bond motifs is 1. The molecule has 0 aliphatic carbocycles. The Hall–Kier alpha value is -1.97. The second-order valence-corrected chi connectivity index (χ2v) is 10.6. The number of ether oxygens (including phenoxy) is 2. The molecule has 0 saturated carbocycles. The second kappa shape index (κ2) is 8.28. The lowest BCUT2D eigenvalue weighted by Gasteiger charge is -2.27. The fraction of sp³-hybridized carbons (Fsp3) is 0.350. The summed E-state index contributed by atoms with van der Waals surface area (Å²) in [7, 11) is -0.0457. The van der Waals surface area contributed by atoms with Gasteiger partial charge in [0.1, 0.15) is 5.82 Å². The molecule has 0 spiro atoms. The van der Waals surface area contributed by atoms with E-state index >= 15 is 0 Å². The molecule has 0 bridgehead atoms. The van der Waals surface area contributed by atoms with Crippen LogP contribution in [0.5, 0.6) is 11.5 Å². The van der Waals surface area contributed by atoms with Gasteiger partial charge in [-0.05, 0) is 29.8 Å². The van der Waals surface area contributed by atoms with Gasteiger partial charge in [0.2, 0.25) is 0 Å². The Bertz CT molecular complexity index is 1110. The first-order chi connectivity index (χ1) is 14.3. The zero-order chi connectivity index (χ0) is 21.5. The maximum atomic E-state index is 13.3. The van der Waals surface area contributed by atoms with Gasteiger partial charge >= 0.3 is 0 Å². The van der Waals surface area contributed by atoms with Crippen molar-refractivity contribution >= 4 is 44.1 Å². The van der Waals surface area contributed by atoms with Crippen LogP contribution in [-0.2, 0) is 15.6 Å². The van der Waals surface area contributed by atoms with Gasteiger partial charge in [0.25, 0.3) is 0 Å². The van der Waals surface area contributed by atoms with E-state index in [1.54, 1.807) is 26.4 Å². The number of methoxy groups -OCH3 is 2. The topological polar surface area (TPSA) is 68.2 Å². The maximum Gasteiger partial charge on any atom is 0.164 e. The monoisotopic (exact) mass is 470 g/mol. The zero-order valence-electron chi connectivity index (χ0n) is 16.3. The minimum atomic E-state index is -3.15. The fourth-order valence-electron chi connectivity index (χ4n) is 3.69. The predicted octanol–water partition coefficient (Wildman–Crippen LogP) is 3.77. The molecule has 2 heterocycles. The van der Waals surface area contributed by atoms with Crippen LogP contribution in [0.25, 0.3) is 0 Å². The van der Waals surface area contributed by atoms with Gasteiger partial charge in [-0.15, -0.1) is 0 Å². The number of halogens is 2. The molecule has 30 heavy (non-hydrogen) atoms. The molecule has 0 amide bonds. The highest BCUT2D eigenvalue weighted by molar-refractivity contribution is 8.13. The first kappa shape index (κ1) is 21.3. The van der Waals surface area contributed by atoms with Crippen LogP contribution in [0.2, 0.25) is 5.02 Å². The molecule has 0 aromatic heterocycles. The number of aliphatic imine (C=N–C) groups is 1.